The summed E-state index contributed by atoms with van der Waals surface area (Å²) in [5.41, 5.74) is 6.68. The molecule has 0 bridgehead atoms. The van der Waals surface area contributed by atoms with Gasteiger partial charge in [0, 0.05) is 48.1 Å². The van der Waals surface area contributed by atoms with Crippen LogP contribution in [-0.4, -0.2) is 36.1 Å². The van der Waals surface area contributed by atoms with Gasteiger partial charge in [-0.25, -0.2) is 9.97 Å². The number of aromatic nitrogens is 2. The van der Waals surface area contributed by atoms with Crippen molar-refractivity contribution in [2.24, 2.45) is 0 Å². The highest BCUT2D eigenvalue weighted by Gasteiger charge is 2.22. The monoisotopic (exact) mass is 495 g/mol. The van der Waals surface area contributed by atoms with Gasteiger partial charge in [0.1, 0.15) is 0 Å². The Morgan fingerprint density at radius 2 is 1.17 bits per heavy atom. The summed E-state index contributed by atoms with van der Waals surface area (Å²) in [6, 6.07) is 29.2. The number of nitrogens with zero attached hydrogens (tertiary/aromatic N) is 4. The second-order valence-corrected chi connectivity index (χ2v) is 10.1. The van der Waals surface area contributed by atoms with Crippen molar-refractivity contribution in [1.29, 1.82) is 0 Å². The molecule has 0 unspecified atom stereocenters. The number of rotatable bonds is 6. The third-order valence-electron chi connectivity index (χ3n) is 6.17. The molecule has 174 valence electrons. The Hall–Kier alpha value is -3.68. The number of piperazine rings is 1. The van der Waals surface area contributed by atoms with Gasteiger partial charge in [-0.05, 0) is 12.1 Å². The number of thiazole rings is 2. The number of benzene rings is 3. The van der Waals surface area contributed by atoms with E-state index in [9.17, 15) is 0 Å². The molecule has 1 aliphatic rings. The Labute approximate surface area is 213 Å². The summed E-state index contributed by atoms with van der Waals surface area (Å²) in [4.78, 5) is 14.6. The van der Waals surface area contributed by atoms with Crippen LogP contribution in [0.2, 0.25) is 0 Å². The van der Waals surface area contributed by atoms with Crippen molar-refractivity contribution >= 4 is 44.3 Å². The second kappa shape index (κ2) is 9.90. The van der Waals surface area contributed by atoms with Crippen molar-refractivity contribution in [2.45, 2.75) is 0 Å². The Morgan fingerprint density at radius 3 is 1.89 bits per heavy atom. The first-order valence-electron chi connectivity index (χ1n) is 11.7. The van der Waals surface area contributed by atoms with Crippen molar-refractivity contribution in [2.75, 3.05) is 41.3 Å². The molecule has 5 nitrogen and oxygen atoms in total. The summed E-state index contributed by atoms with van der Waals surface area (Å²) in [5.74, 6) is 0. The number of hydrogen-bond acceptors (Lipinski definition) is 7. The van der Waals surface area contributed by atoms with Gasteiger partial charge in [0.05, 0.1) is 22.8 Å². The Morgan fingerprint density at radius 1 is 0.600 bits per heavy atom. The van der Waals surface area contributed by atoms with Crippen molar-refractivity contribution in [3.63, 3.8) is 0 Å². The van der Waals surface area contributed by atoms with E-state index in [1.165, 1.54) is 11.3 Å². The predicted octanol–water partition coefficient (Wildman–Crippen LogP) is 7.00. The molecule has 0 aliphatic carbocycles. The molecule has 7 heteroatoms. The summed E-state index contributed by atoms with van der Waals surface area (Å²) in [7, 11) is 0. The maximum Gasteiger partial charge on any atom is 0.187 e. The molecule has 0 atom stereocenters. The average Bonchev–Trinajstić information content (AvgIpc) is 3.61. The third kappa shape index (κ3) is 4.78. The normalized spacial score (nSPS) is 13.7. The van der Waals surface area contributed by atoms with Crippen molar-refractivity contribution in [3.8, 4) is 22.5 Å². The molecule has 2 aromatic heterocycles. The van der Waals surface area contributed by atoms with E-state index in [2.05, 4.69) is 86.5 Å². The van der Waals surface area contributed by atoms with Crippen LogP contribution in [0.5, 0.6) is 0 Å². The highest BCUT2D eigenvalue weighted by molar-refractivity contribution is 7.14. The number of hydrogen-bond donors (Lipinski definition) is 1. The van der Waals surface area contributed by atoms with E-state index in [0.717, 1.165) is 59.1 Å². The molecule has 6 rings (SSSR count). The lowest BCUT2D eigenvalue weighted by Gasteiger charge is -2.36. The van der Waals surface area contributed by atoms with Gasteiger partial charge in [-0.2, -0.15) is 0 Å². The van der Waals surface area contributed by atoms with Crippen LogP contribution in [-0.2, 0) is 0 Å². The quantitative estimate of drug-likeness (QED) is 0.275. The van der Waals surface area contributed by atoms with Gasteiger partial charge in [-0.3, -0.25) is 0 Å². The van der Waals surface area contributed by atoms with Crippen LogP contribution in [0.15, 0.2) is 95.7 Å². The van der Waals surface area contributed by atoms with Crippen molar-refractivity contribution in [3.05, 3.63) is 95.7 Å². The van der Waals surface area contributed by atoms with E-state index < -0.39 is 0 Å². The van der Waals surface area contributed by atoms with Gasteiger partial charge in [0.15, 0.2) is 10.3 Å². The van der Waals surface area contributed by atoms with Crippen LogP contribution >= 0.6 is 22.7 Å². The van der Waals surface area contributed by atoms with Crippen LogP contribution in [0.4, 0.5) is 21.6 Å². The van der Waals surface area contributed by atoms with Gasteiger partial charge < -0.3 is 15.1 Å². The smallest absolute Gasteiger partial charge is 0.187 e. The van der Waals surface area contributed by atoms with Crippen LogP contribution in [0.1, 0.15) is 0 Å². The molecule has 5 aromatic rings. The zero-order valence-corrected chi connectivity index (χ0v) is 20.8. The van der Waals surface area contributed by atoms with Crippen LogP contribution < -0.4 is 15.1 Å². The minimum atomic E-state index is 0.908. The summed E-state index contributed by atoms with van der Waals surface area (Å²) in [6.07, 6.45) is 0. The van der Waals surface area contributed by atoms with E-state index in [4.69, 9.17) is 9.97 Å². The molecule has 1 aliphatic heterocycles. The molecule has 3 heterocycles. The molecule has 35 heavy (non-hydrogen) atoms. The predicted molar refractivity (Wildman–Crippen MR) is 149 cm³/mol. The topological polar surface area (TPSA) is 44.3 Å². The lowest BCUT2D eigenvalue weighted by molar-refractivity contribution is 0.653. The molecule has 0 saturated carbocycles. The minimum absolute atomic E-state index is 0.908. The molecule has 0 amide bonds. The summed E-state index contributed by atoms with van der Waals surface area (Å²) in [5, 5.41) is 9.85. The fraction of sp³-hybridized carbons (Fsp3) is 0.143. The highest BCUT2D eigenvalue weighted by Crippen LogP contribution is 2.34. The molecule has 0 radical (unpaired) electrons. The Bertz CT molecular complexity index is 1390. The van der Waals surface area contributed by atoms with Gasteiger partial charge in [-0.15, -0.1) is 22.7 Å². The van der Waals surface area contributed by atoms with E-state index >= 15 is 0 Å². The highest BCUT2D eigenvalue weighted by atomic mass is 32.1. The molecule has 0 spiro atoms. The lowest BCUT2D eigenvalue weighted by Crippen LogP contribution is -2.46. The van der Waals surface area contributed by atoms with E-state index in [-0.39, 0.29) is 0 Å². The summed E-state index contributed by atoms with van der Waals surface area (Å²) in [6.45, 7) is 3.80. The Kier molecular flexibility index (Phi) is 6.17. The maximum absolute atomic E-state index is 4.91. The fourth-order valence-electron chi connectivity index (χ4n) is 4.33. The zero-order valence-electron chi connectivity index (χ0n) is 19.2. The molecule has 3 aromatic carbocycles. The van der Waals surface area contributed by atoms with Gasteiger partial charge in [0.2, 0.25) is 0 Å². The van der Waals surface area contributed by atoms with Crippen LogP contribution in [0.25, 0.3) is 22.5 Å². The van der Waals surface area contributed by atoms with Gasteiger partial charge in [-0.1, -0.05) is 72.8 Å². The third-order valence-corrected chi connectivity index (χ3v) is 7.83. The molecule has 1 fully saturated rings. The molecule has 1 saturated heterocycles. The molecule has 1 N–H and O–H groups in total. The zero-order chi connectivity index (χ0) is 23.5. The first-order valence-corrected chi connectivity index (χ1v) is 13.5. The Balaban J connectivity index is 1.14. The fourth-order valence-corrected chi connectivity index (χ4v) is 5.95. The first kappa shape index (κ1) is 21.8. The number of para-hydroxylation sites is 2. The average molecular weight is 496 g/mol. The van der Waals surface area contributed by atoms with E-state index in [1.54, 1.807) is 22.7 Å². The largest absolute Gasteiger partial charge is 0.366 e. The second-order valence-electron chi connectivity index (χ2n) is 8.40. The van der Waals surface area contributed by atoms with Crippen molar-refractivity contribution in [1.82, 2.24) is 9.97 Å². The number of anilines is 4. The number of nitrogens with one attached hydrogen (secondary N) is 1. The van der Waals surface area contributed by atoms with Gasteiger partial charge in [0.25, 0.3) is 0 Å². The van der Waals surface area contributed by atoms with Crippen molar-refractivity contribution < 1.29 is 0 Å². The van der Waals surface area contributed by atoms with Crippen LogP contribution in [0, 0.1) is 0 Å². The van der Waals surface area contributed by atoms with E-state index in [0.29, 0.717) is 0 Å². The maximum atomic E-state index is 4.91. The van der Waals surface area contributed by atoms with Crippen LogP contribution in [0.3, 0.4) is 0 Å². The minimum Gasteiger partial charge on any atom is -0.366 e. The first-order chi connectivity index (χ1) is 17.3. The molecular formula is C28H25N5S2. The lowest BCUT2D eigenvalue weighted by atomic mass is 10.2. The van der Waals surface area contributed by atoms with Gasteiger partial charge >= 0.3 is 0 Å². The SMILES string of the molecule is c1ccc(-c2csc(Nc3ccccc3N3CCN(c4nc(-c5ccccc5)cs4)CC3)n2)cc1. The van der Waals surface area contributed by atoms with E-state index in [1.807, 2.05) is 24.3 Å². The summed E-state index contributed by atoms with van der Waals surface area (Å²) < 4.78 is 0. The molecular weight excluding hydrogens is 470 g/mol. The standard InChI is InChI=1S/C28H25N5S2/c1-3-9-21(10-4-1)24-19-34-27(30-24)29-23-13-7-8-14-26(23)32-15-17-33(18-16-32)28-31-25(20-35-28)22-11-5-2-6-12-22/h1-14,19-20H,15-18H2,(H,29,30). The summed E-state index contributed by atoms with van der Waals surface area (Å²) >= 11 is 3.37.